The van der Waals surface area contributed by atoms with E-state index in [9.17, 15) is 4.79 Å². The molecule has 2 aromatic carbocycles. The maximum atomic E-state index is 11.8. The number of rotatable bonds is 4. The van der Waals surface area contributed by atoms with Crippen molar-refractivity contribution in [1.82, 2.24) is 5.32 Å². The molecule has 128 valence electrons. The molecule has 3 nitrogen and oxygen atoms in total. The molecule has 1 aliphatic rings. The number of hydrogen-bond acceptors (Lipinski definition) is 4. The first kappa shape index (κ1) is 19.1. The van der Waals surface area contributed by atoms with Crippen LogP contribution in [-0.2, 0) is 11.4 Å². The zero-order chi connectivity index (χ0) is 18.0. The topological polar surface area (TPSA) is 38.3 Å². The Bertz CT molecular complexity index is 873. The Morgan fingerprint density at radius 2 is 1.96 bits per heavy atom. The van der Waals surface area contributed by atoms with Gasteiger partial charge < -0.3 is 10.1 Å². The maximum Gasteiger partial charge on any atom is 0.263 e. The van der Waals surface area contributed by atoms with Gasteiger partial charge in [-0.3, -0.25) is 4.79 Å². The van der Waals surface area contributed by atoms with E-state index < -0.39 is 0 Å². The van der Waals surface area contributed by atoms with Gasteiger partial charge in [-0.15, -0.1) is 0 Å². The molecule has 25 heavy (non-hydrogen) atoms. The standard InChI is InChI=1S/C18H13I2NO2S2/c1-10-3-2-4-11(5-10)9-23-16-13(19)6-12(7-14(16)20)8-15-17(22)21-18(24)25-15/h2-8H,9H2,1H3,(H,21,22,24)/b15-8-. The minimum absolute atomic E-state index is 0.139. The van der Waals surface area contributed by atoms with E-state index in [0.29, 0.717) is 15.8 Å². The molecular weight excluding hydrogens is 580 g/mol. The predicted molar refractivity (Wildman–Crippen MR) is 124 cm³/mol. The zero-order valence-electron chi connectivity index (χ0n) is 13.1. The van der Waals surface area contributed by atoms with E-state index in [1.54, 1.807) is 0 Å². The number of nitrogens with one attached hydrogen (secondary N) is 1. The summed E-state index contributed by atoms with van der Waals surface area (Å²) in [6.45, 7) is 2.60. The Morgan fingerprint density at radius 3 is 2.56 bits per heavy atom. The van der Waals surface area contributed by atoms with Crippen molar-refractivity contribution < 1.29 is 9.53 Å². The third-order valence-corrected chi connectivity index (χ3v) is 6.19. The van der Waals surface area contributed by atoms with Gasteiger partial charge in [0.25, 0.3) is 5.91 Å². The second-order valence-corrected chi connectivity index (χ2v) is 9.49. The van der Waals surface area contributed by atoms with Crippen LogP contribution in [0.1, 0.15) is 16.7 Å². The summed E-state index contributed by atoms with van der Waals surface area (Å²) < 4.78 is 8.55. The SMILES string of the molecule is Cc1cccc(COc2c(I)cc(/C=C3\SC(=S)NC3=O)cc2I)c1. The van der Waals surface area contributed by atoms with Gasteiger partial charge in [-0.1, -0.05) is 53.8 Å². The van der Waals surface area contributed by atoms with Crippen LogP contribution in [0, 0.1) is 14.1 Å². The molecule has 3 rings (SSSR count). The van der Waals surface area contributed by atoms with E-state index >= 15 is 0 Å². The molecule has 1 heterocycles. The summed E-state index contributed by atoms with van der Waals surface area (Å²) in [7, 11) is 0. The number of carbonyl (C=O) groups excluding carboxylic acids is 1. The number of carbonyl (C=O) groups is 1. The number of amides is 1. The lowest BCUT2D eigenvalue weighted by Crippen LogP contribution is -2.17. The fourth-order valence-electron chi connectivity index (χ4n) is 2.33. The van der Waals surface area contributed by atoms with Crippen LogP contribution in [0.5, 0.6) is 5.75 Å². The van der Waals surface area contributed by atoms with Gasteiger partial charge in [-0.25, -0.2) is 0 Å². The van der Waals surface area contributed by atoms with Gasteiger partial charge in [-0.2, -0.15) is 0 Å². The van der Waals surface area contributed by atoms with Crippen molar-refractivity contribution in [2.24, 2.45) is 0 Å². The van der Waals surface area contributed by atoms with Gasteiger partial charge in [0.05, 0.1) is 12.0 Å². The fourth-order valence-corrected chi connectivity index (χ4v) is 5.50. The van der Waals surface area contributed by atoms with Crippen LogP contribution in [-0.4, -0.2) is 10.2 Å². The van der Waals surface area contributed by atoms with Crippen molar-refractivity contribution >= 4 is 85.5 Å². The van der Waals surface area contributed by atoms with Crippen LogP contribution in [0.2, 0.25) is 0 Å². The zero-order valence-corrected chi connectivity index (χ0v) is 19.1. The Hall–Kier alpha value is -0.650. The number of hydrogen-bond donors (Lipinski definition) is 1. The fraction of sp³-hybridized carbons (Fsp3) is 0.111. The van der Waals surface area contributed by atoms with Gasteiger partial charge in [0.2, 0.25) is 0 Å². The van der Waals surface area contributed by atoms with E-state index in [-0.39, 0.29) is 5.91 Å². The second kappa shape index (κ2) is 8.36. The molecule has 1 N–H and O–H groups in total. The van der Waals surface area contributed by atoms with Gasteiger partial charge in [-0.05, 0) is 81.4 Å². The van der Waals surface area contributed by atoms with Gasteiger partial charge in [0, 0.05) is 0 Å². The number of thiocarbonyl (C=S) groups is 1. The summed E-state index contributed by atoms with van der Waals surface area (Å²) >= 11 is 10.8. The summed E-state index contributed by atoms with van der Waals surface area (Å²) in [4.78, 5) is 12.4. The van der Waals surface area contributed by atoms with Crippen LogP contribution < -0.4 is 10.1 Å². The molecule has 0 saturated carbocycles. The van der Waals surface area contributed by atoms with E-state index in [0.717, 1.165) is 24.0 Å². The molecule has 0 bridgehead atoms. The molecule has 0 unspecified atom stereocenters. The summed E-state index contributed by atoms with van der Waals surface area (Å²) in [5.74, 6) is 0.726. The largest absolute Gasteiger partial charge is 0.487 e. The highest BCUT2D eigenvalue weighted by Crippen LogP contribution is 2.32. The van der Waals surface area contributed by atoms with Gasteiger partial charge in [0.1, 0.15) is 16.7 Å². The van der Waals surface area contributed by atoms with Crippen LogP contribution in [0.15, 0.2) is 41.3 Å². The van der Waals surface area contributed by atoms with Gasteiger partial charge >= 0.3 is 0 Å². The quantitative estimate of drug-likeness (QED) is 0.298. The molecule has 7 heteroatoms. The van der Waals surface area contributed by atoms with Crippen molar-refractivity contribution in [2.45, 2.75) is 13.5 Å². The third kappa shape index (κ3) is 4.95. The Morgan fingerprint density at radius 1 is 1.24 bits per heavy atom. The Kier molecular flexibility index (Phi) is 6.39. The van der Waals surface area contributed by atoms with Crippen LogP contribution >= 0.6 is 69.2 Å². The van der Waals surface area contributed by atoms with Crippen molar-refractivity contribution in [3.05, 3.63) is 65.1 Å². The Labute approximate surface area is 183 Å². The normalized spacial score (nSPS) is 15.6. The van der Waals surface area contributed by atoms with E-state index in [1.165, 1.54) is 17.3 Å². The van der Waals surface area contributed by atoms with E-state index in [4.69, 9.17) is 17.0 Å². The first-order valence-corrected chi connectivity index (χ1v) is 10.7. The number of aryl methyl sites for hydroxylation is 1. The molecule has 0 atom stereocenters. The highest BCUT2D eigenvalue weighted by atomic mass is 127. The van der Waals surface area contributed by atoms with Crippen molar-refractivity contribution in [2.75, 3.05) is 0 Å². The van der Waals surface area contributed by atoms with Crippen LogP contribution in [0.4, 0.5) is 0 Å². The minimum atomic E-state index is -0.139. The average Bonchev–Trinajstić information content (AvgIpc) is 2.84. The number of ether oxygens (including phenoxy) is 1. The average molecular weight is 593 g/mol. The molecule has 0 radical (unpaired) electrons. The summed E-state index contributed by atoms with van der Waals surface area (Å²) in [5, 5.41) is 2.63. The predicted octanol–water partition coefficient (Wildman–Crippen LogP) is 5.27. The lowest BCUT2D eigenvalue weighted by Gasteiger charge is -2.12. The lowest BCUT2D eigenvalue weighted by atomic mass is 10.1. The summed E-state index contributed by atoms with van der Waals surface area (Å²) in [5.41, 5.74) is 3.32. The van der Waals surface area contributed by atoms with Crippen LogP contribution in [0.25, 0.3) is 6.08 Å². The minimum Gasteiger partial charge on any atom is -0.487 e. The van der Waals surface area contributed by atoms with Crippen molar-refractivity contribution in [3.63, 3.8) is 0 Å². The monoisotopic (exact) mass is 593 g/mol. The third-order valence-electron chi connectivity index (χ3n) is 3.43. The number of thioether (sulfide) groups is 1. The van der Waals surface area contributed by atoms with E-state index in [2.05, 4.69) is 75.6 Å². The van der Waals surface area contributed by atoms with Gasteiger partial charge in [0.15, 0.2) is 0 Å². The van der Waals surface area contributed by atoms with Crippen molar-refractivity contribution in [1.29, 1.82) is 0 Å². The molecule has 0 aromatic heterocycles. The first-order chi connectivity index (χ1) is 11.9. The molecule has 2 aromatic rings. The summed E-state index contributed by atoms with van der Waals surface area (Å²) in [6.07, 6.45) is 1.86. The number of halogens is 2. The first-order valence-electron chi connectivity index (χ1n) is 7.34. The van der Waals surface area contributed by atoms with Crippen LogP contribution in [0.3, 0.4) is 0 Å². The molecule has 1 aliphatic heterocycles. The molecule has 0 aliphatic carbocycles. The second-order valence-electron chi connectivity index (χ2n) is 5.44. The molecule has 0 spiro atoms. The lowest BCUT2D eigenvalue weighted by molar-refractivity contribution is -0.115. The smallest absolute Gasteiger partial charge is 0.263 e. The number of benzene rings is 2. The molecular formula is C18H13I2NO2S2. The molecule has 1 fully saturated rings. The Balaban J connectivity index is 1.80. The highest BCUT2D eigenvalue weighted by molar-refractivity contribution is 14.1. The van der Waals surface area contributed by atoms with E-state index in [1.807, 2.05) is 24.3 Å². The molecule has 1 amide bonds. The van der Waals surface area contributed by atoms with Crippen molar-refractivity contribution in [3.8, 4) is 5.75 Å². The maximum absolute atomic E-state index is 11.8. The molecule has 1 saturated heterocycles. The highest BCUT2D eigenvalue weighted by Gasteiger charge is 2.22. The summed E-state index contributed by atoms with van der Waals surface area (Å²) in [6, 6.07) is 12.3.